The van der Waals surface area contributed by atoms with Crippen LogP contribution in [0.3, 0.4) is 0 Å². The summed E-state index contributed by atoms with van der Waals surface area (Å²) in [4.78, 5) is 26.1. The van der Waals surface area contributed by atoms with Gasteiger partial charge in [0.2, 0.25) is 5.91 Å². The van der Waals surface area contributed by atoms with Crippen molar-refractivity contribution in [1.29, 1.82) is 0 Å². The van der Waals surface area contributed by atoms with Gasteiger partial charge in [-0.05, 0) is 30.3 Å². The van der Waals surface area contributed by atoms with Crippen LogP contribution in [0.25, 0.3) is 10.2 Å². The third-order valence-electron chi connectivity index (χ3n) is 4.73. The van der Waals surface area contributed by atoms with Crippen LogP contribution < -0.4 is 9.60 Å². The third kappa shape index (κ3) is 4.09. The molecule has 1 aliphatic heterocycles. The average Bonchev–Trinajstić information content (AvgIpc) is 3.04. The number of morpholine rings is 1. The second-order valence-electron chi connectivity index (χ2n) is 6.66. The number of carbonyl (C=O) groups is 1. The number of hydrogen-bond donors (Lipinski definition) is 1. The lowest BCUT2D eigenvalue weighted by atomic mass is 10.3. The lowest BCUT2D eigenvalue weighted by Gasteiger charge is -2.26. The van der Waals surface area contributed by atoms with E-state index in [1.807, 2.05) is 0 Å². The fourth-order valence-corrected chi connectivity index (χ4v) is 5.26. The van der Waals surface area contributed by atoms with Gasteiger partial charge in [0.15, 0.2) is 0 Å². The summed E-state index contributed by atoms with van der Waals surface area (Å²) < 4.78 is 48.3. The summed E-state index contributed by atoms with van der Waals surface area (Å²) >= 11 is 0.853. The molecule has 2 heterocycles. The van der Waals surface area contributed by atoms with E-state index >= 15 is 0 Å². The lowest BCUT2D eigenvalue weighted by molar-refractivity contribution is -0.135. The van der Waals surface area contributed by atoms with Crippen molar-refractivity contribution in [3.05, 3.63) is 57.9 Å². The van der Waals surface area contributed by atoms with Crippen LogP contribution in [0.2, 0.25) is 0 Å². The molecule has 1 saturated heterocycles. The van der Waals surface area contributed by atoms with Gasteiger partial charge in [0.1, 0.15) is 12.4 Å². The molecule has 0 spiro atoms. The number of hydrogen-bond acceptors (Lipinski definition) is 6. The zero-order chi connectivity index (χ0) is 21.3. The molecule has 0 radical (unpaired) electrons. The summed E-state index contributed by atoms with van der Waals surface area (Å²) in [6.45, 7) is 1.74. The first-order valence-electron chi connectivity index (χ1n) is 9.11. The number of benzene rings is 2. The van der Waals surface area contributed by atoms with E-state index in [-0.39, 0.29) is 27.9 Å². The number of amides is 1. The highest BCUT2D eigenvalue weighted by Gasteiger charge is 2.21. The van der Waals surface area contributed by atoms with Crippen molar-refractivity contribution in [2.45, 2.75) is 11.4 Å². The maximum Gasteiger partial charge on any atom is 0.308 e. The Morgan fingerprint density at radius 3 is 2.63 bits per heavy atom. The van der Waals surface area contributed by atoms with Gasteiger partial charge in [0.05, 0.1) is 34.0 Å². The molecule has 0 atom stereocenters. The van der Waals surface area contributed by atoms with Gasteiger partial charge in [-0.2, -0.15) is 0 Å². The molecule has 30 heavy (non-hydrogen) atoms. The Morgan fingerprint density at radius 2 is 1.90 bits per heavy atom. The minimum atomic E-state index is -4.05. The normalized spacial score (nSPS) is 14.8. The molecular weight excluding hydrogens is 433 g/mol. The van der Waals surface area contributed by atoms with Crippen molar-refractivity contribution in [3.63, 3.8) is 0 Å². The number of nitrogens with zero attached hydrogens (tertiary/aromatic N) is 2. The molecule has 0 unspecified atom stereocenters. The molecule has 3 aromatic rings. The Kier molecular flexibility index (Phi) is 5.58. The van der Waals surface area contributed by atoms with Crippen molar-refractivity contribution in [2.75, 3.05) is 31.0 Å². The molecule has 1 amide bonds. The summed E-state index contributed by atoms with van der Waals surface area (Å²) in [6, 6.07) is 9.60. The maximum absolute atomic E-state index is 13.8. The highest BCUT2D eigenvalue weighted by Crippen LogP contribution is 2.24. The summed E-state index contributed by atoms with van der Waals surface area (Å²) in [5, 5.41) is 0. The van der Waals surface area contributed by atoms with Gasteiger partial charge in [-0.25, -0.2) is 12.8 Å². The molecule has 0 saturated carbocycles. The smallest absolute Gasteiger partial charge is 0.308 e. The van der Waals surface area contributed by atoms with E-state index in [1.165, 1.54) is 41.0 Å². The maximum atomic E-state index is 13.8. The van der Waals surface area contributed by atoms with Crippen molar-refractivity contribution < 1.29 is 22.3 Å². The van der Waals surface area contributed by atoms with Gasteiger partial charge in [-0.3, -0.25) is 18.9 Å². The van der Waals surface area contributed by atoms with Crippen molar-refractivity contribution >= 4 is 43.2 Å². The lowest BCUT2D eigenvalue weighted by Crippen LogP contribution is -2.43. The predicted octanol–water partition coefficient (Wildman–Crippen LogP) is 1.86. The number of anilines is 1. The fourth-order valence-electron chi connectivity index (χ4n) is 3.16. The van der Waals surface area contributed by atoms with Crippen LogP contribution in [-0.2, 0) is 26.1 Å². The van der Waals surface area contributed by atoms with Crippen molar-refractivity contribution in [2.24, 2.45) is 0 Å². The Hall–Kier alpha value is -2.76. The molecule has 0 aliphatic carbocycles. The van der Waals surface area contributed by atoms with Gasteiger partial charge in [-0.1, -0.05) is 23.5 Å². The van der Waals surface area contributed by atoms with Crippen LogP contribution in [-0.4, -0.2) is 50.1 Å². The van der Waals surface area contributed by atoms with E-state index in [9.17, 15) is 22.4 Å². The molecule has 1 aliphatic rings. The number of nitrogens with one attached hydrogen (secondary N) is 1. The molecule has 0 bridgehead atoms. The van der Waals surface area contributed by atoms with E-state index in [1.54, 1.807) is 4.90 Å². The van der Waals surface area contributed by atoms with Crippen LogP contribution in [0.1, 0.15) is 0 Å². The highest BCUT2D eigenvalue weighted by molar-refractivity contribution is 7.92. The number of halogens is 1. The first-order chi connectivity index (χ1) is 14.3. The first-order valence-corrected chi connectivity index (χ1v) is 11.4. The number of thiazole rings is 1. The average molecular weight is 452 g/mol. The molecule has 4 rings (SSSR count). The van der Waals surface area contributed by atoms with Gasteiger partial charge in [0.25, 0.3) is 10.0 Å². The van der Waals surface area contributed by atoms with Crippen LogP contribution in [0.15, 0.2) is 52.2 Å². The predicted molar refractivity (Wildman–Crippen MR) is 111 cm³/mol. The summed E-state index contributed by atoms with van der Waals surface area (Å²) in [5.41, 5.74) is 0.302. The molecule has 1 aromatic heterocycles. The number of ether oxygens (including phenoxy) is 1. The standard InChI is InChI=1S/C19H18FN3O5S2/c20-14-3-1-2-4-15(14)21-30(26,27)13-5-6-16-17(11-13)29-19(25)23(16)12-18(24)22-7-9-28-10-8-22/h1-6,11,21H,7-10,12H2. The van der Waals surface area contributed by atoms with Crippen molar-refractivity contribution in [1.82, 2.24) is 9.47 Å². The SMILES string of the molecule is O=C(Cn1c(=O)sc2cc(S(=O)(=O)Nc3ccccc3F)ccc21)N1CCOCC1. The molecular formula is C19H18FN3O5S2. The third-order valence-corrected chi connectivity index (χ3v) is 7.03. The van der Waals surface area contributed by atoms with Crippen LogP contribution in [0, 0.1) is 5.82 Å². The first kappa shape index (κ1) is 20.5. The number of para-hydroxylation sites is 1. The van der Waals surface area contributed by atoms with Gasteiger partial charge < -0.3 is 9.64 Å². The van der Waals surface area contributed by atoms with Gasteiger partial charge >= 0.3 is 4.87 Å². The summed E-state index contributed by atoms with van der Waals surface area (Å²) in [7, 11) is -4.05. The molecule has 1 N–H and O–H groups in total. The Morgan fingerprint density at radius 1 is 1.17 bits per heavy atom. The number of rotatable bonds is 5. The van der Waals surface area contributed by atoms with E-state index in [0.717, 1.165) is 17.4 Å². The van der Waals surface area contributed by atoms with Crippen LogP contribution in [0.5, 0.6) is 0 Å². The zero-order valence-electron chi connectivity index (χ0n) is 15.7. The van der Waals surface area contributed by atoms with E-state index in [0.29, 0.717) is 36.5 Å². The Labute approximate surface area is 175 Å². The van der Waals surface area contributed by atoms with Crippen molar-refractivity contribution in [3.8, 4) is 0 Å². The molecule has 158 valence electrons. The number of sulfonamides is 1. The zero-order valence-corrected chi connectivity index (χ0v) is 17.3. The van der Waals surface area contributed by atoms with Crippen LogP contribution >= 0.6 is 11.3 Å². The quantitative estimate of drug-likeness (QED) is 0.639. The second-order valence-corrected chi connectivity index (χ2v) is 9.34. The van der Waals surface area contributed by atoms with E-state index in [2.05, 4.69) is 4.72 Å². The Bertz CT molecular complexity index is 1260. The second kappa shape index (κ2) is 8.17. The topological polar surface area (TPSA) is 97.7 Å². The van der Waals surface area contributed by atoms with E-state index < -0.39 is 15.8 Å². The van der Waals surface area contributed by atoms with Gasteiger partial charge in [0, 0.05) is 13.1 Å². The van der Waals surface area contributed by atoms with Gasteiger partial charge in [-0.15, -0.1) is 0 Å². The highest BCUT2D eigenvalue weighted by atomic mass is 32.2. The van der Waals surface area contributed by atoms with Crippen LogP contribution in [0.4, 0.5) is 10.1 Å². The minimum absolute atomic E-state index is 0.105. The minimum Gasteiger partial charge on any atom is -0.378 e. The molecule has 11 heteroatoms. The fraction of sp³-hybridized carbons (Fsp3) is 0.263. The number of aromatic nitrogens is 1. The molecule has 1 fully saturated rings. The number of carbonyl (C=O) groups excluding carboxylic acids is 1. The monoisotopic (exact) mass is 451 g/mol. The number of fused-ring (bicyclic) bond motifs is 1. The Balaban J connectivity index is 1.62. The summed E-state index contributed by atoms with van der Waals surface area (Å²) in [6.07, 6.45) is 0. The molecule has 2 aromatic carbocycles. The largest absolute Gasteiger partial charge is 0.378 e. The molecule has 8 nitrogen and oxygen atoms in total. The van der Waals surface area contributed by atoms with E-state index in [4.69, 9.17) is 4.74 Å². The summed E-state index contributed by atoms with van der Waals surface area (Å²) in [5.74, 6) is -0.891.